The summed E-state index contributed by atoms with van der Waals surface area (Å²) in [4.78, 5) is 16.5. The number of furan rings is 1. The molecule has 0 radical (unpaired) electrons. The first kappa shape index (κ1) is 20.0. The molecule has 0 bridgehead atoms. The van der Waals surface area contributed by atoms with E-state index in [0.29, 0.717) is 13.0 Å². The summed E-state index contributed by atoms with van der Waals surface area (Å²) in [7, 11) is 1.63. The second kappa shape index (κ2) is 9.01. The van der Waals surface area contributed by atoms with E-state index >= 15 is 0 Å². The van der Waals surface area contributed by atoms with Gasteiger partial charge >= 0.3 is 0 Å². The van der Waals surface area contributed by atoms with Crippen LogP contribution in [0.5, 0.6) is 5.75 Å². The summed E-state index contributed by atoms with van der Waals surface area (Å²) in [6, 6.07) is 10.2. The molecule has 0 unspecified atom stereocenters. The van der Waals surface area contributed by atoms with E-state index in [-0.39, 0.29) is 11.9 Å². The van der Waals surface area contributed by atoms with Crippen LogP contribution in [0.4, 0.5) is 0 Å². The number of nitrogens with one attached hydrogen (secondary N) is 1. The minimum absolute atomic E-state index is 0.0236. The largest absolute Gasteiger partial charge is 0.497 e. The number of fused-ring (bicyclic) bond motifs is 1. The average Bonchev–Trinajstić information content (AvgIpc) is 3.40. The predicted molar refractivity (Wildman–Crippen MR) is 117 cm³/mol. The van der Waals surface area contributed by atoms with E-state index in [9.17, 15) is 4.79 Å². The zero-order valence-electron chi connectivity index (χ0n) is 17.0. The Hall–Kier alpha value is -2.31. The zero-order chi connectivity index (χ0) is 20.2. The number of amides is 1. The van der Waals surface area contributed by atoms with E-state index in [0.717, 1.165) is 41.3 Å². The fourth-order valence-corrected chi connectivity index (χ4v) is 4.87. The topological polar surface area (TPSA) is 54.7 Å². The van der Waals surface area contributed by atoms with Gasteiger partial charge in [-0.3, -0.25) is 9.69 Å². The van der Waals surface area contributed by atoms with Crippen molar-refractivity contribution in [2.45, 2.75) is 32.2 Å². The van der Waals surface area contributed by atoms with Crippen LogP contribution in [0.25, 0.3) is 11.0 Å². The maximum absolute atomic E-state index is 12.7. The normalized spacial score (nSPS) is 16.8. The van der Waals surface area contributed by atoms with E-state index in [1.54, 1.807) is 24.7 Å². The number of hydrogen-bond donors (Lipinski definition) is 1. The third-order valence-corrected chi connectivity index (χ3v) is 6.81. The Morgan fingerprint density at radius 3 is 2.90 bits per heavy atom. The SMILES string of the molecule is COc1ccc2c(CC(=O)NC[C@@H](c3cccs3)N3CCC(C)CC3)coc2c1. The van der Waals surface area contributed by atoms with Gasteiger partial charge in [0.05, 0.1) is 25.8 Å². The quantitative estimate of drug-likeness (QED) is 0.614. The van der Waals surface area contributed by atoms with Crippen molar-refractivity contribution < 1.29 is 13.9 Å². The summed E-state index contributed by atoms with van der Waals surface area (Å²) in [5.41, 5.74) is 1.64. The monoisotopic (exact) mass is 412 g/mol. The summed E-state index contributed by atoms with van der Waals surface area (Å²) < 4.78 is 10.8. The van der Waals surface area contributed by atoms with Crippen LogP contribution < -0.4 is 10.1 Å². The maximum Gasteiger partial charge on any atom is 0.224 e. The molecule has 4 rings (SSSR count). The van der Waals surface area contributed by atoms with E-state index in [2.05, 4.69) is 34.7 Å². The molecular weight excluding hydrogens is 384 g/mol. The molecule has 5 nitrogen and oxygen atoms in total. The molecule has 1 fully saturated rings. The Morgan fingerprint density at radius 2 is 2.17 bits per heavy atom. The van der Waals surface area contributed by atoms with Gasteiger partial charge in [-0.05, 0) is 55.4 Å². The lowest BCUT2D eigenvalue weighted by molar-refractivity contribution is -0.120. The second-order valence-electron chi connectivity index (χ2n) is 7.85. The molecule has 1 amide bonds. The smallest absolute Gasteiger partial charge is 0.224 e. The minimum Gasteiger partial charge on any atom is -0.497 e. The standard InChI is InChI=1S/C23H28N2O3S/c1-16-7-9-25(10-8-16)20(22-4-3-11-29-22)14-24-23(26)12-17-15-28-21-13-18(27-2)5-6-19(17)21/h3-6,11,13,15-16,20H,7-10,12,14H2,1-2H3,(H,24,26)/t20-/m0/s1. The van der Waals surface area contributed by atoms with E-state index in [4.69, 9.17) is 9.15 Å². The van der Waals surface area contributed by atoms with Gasteiger partial charge in [-0.15, -0.1) is 11.3 Å². The van der Waals surface area contributed by atoms with Crippen LogP contribution >= 0.6 is 11.3 Å². The van der Waals surface area contributed by atoms with Crippen LogP contribution in [0, 0.1) is 5.92 Å². The summed E-state index contributed by atoms with van der Waals surface area (Å²) in [5, 5.41) is 6.24. The number of thiophene rings is 1. The highest BCUT2D eigenvalue weighted by Gasteiger charge is 2.25. The van der Waals surface area contributed by atoms with Crippen molar-refractivity contribution in [1.82, 2.24) is 10.2 Å². The van der Waals surface area contributed by atoms with Gasteiger partial charge in [0.1, 0.15) is 11.3 Å². The first-order valence-corrected chi connectivity index (χ1v) is 11.1. The van der Waals surface area contributed by atoms with Crippen molar-refractivity contribution >= 4 is 28.2 Å². The first-order valence-electron chi connectivity index (χ1n) is 10.2. The number of piperidine rings is 1. The molecule has 1 saturated heterocycles. The Kier molecular flexibility index (Phi) is 6.21. The van der Waals surface area contributed by atoms with Crippen molar-refractivity contribution in [3.63, 3.8) is 0 Å². The van der Waals surface area contributed by atoms with Gasteiger partial charge in [0.2, 0.25) is 5.91 Å². The van der Waals surface area contributed by atoms with E-state index in [1.807, 2.05) is 18.2 Å². The molecule has 3 heterocycles. The van der Waals surface area contributed by atoms with Crippen molar-refractivity contribution in [2.24, 2.45) is 5.92 Å². The number of ether oxygens (including phenoxy) is 1. The predicted octanol–water partition coefficient (Wildman–Crippen LogP) is 4.63. The number of carbonyl (C=O) groups is 1. The summed E-state index contributed by atoms with van der Waals surface area (Å²) in [5.74, 6) is 1.56. The number of hydrogen-bond acceptors (Lipinski definition) is 5. The molecule has 6 heteroatoms. The van der Waals surface area contributed by atoms with Crippen molar-refractivity contribution in [3.05, 3.63) is 52.4 Å². The molecule has 1 aliphatic rings. The third-order valence-electron chi connectivity index (χ3n) is 5.84. The van der Waals surface area contributed by atoms with Gasteiger partial charge in [-0.25, -0.2) is 0 Å². The zero-order valence-corrected chi connectivity index (χ0v) is 17.8. The molecule has 1 atom stereocenters. The fourth-order valence-electron chi connectivity index (χ4n) is 4.00. The molecule has 29 heavy (non-hydrogen) atoms. The first-order chi connectivity index (χ1) is 14.1. The number of nitrogens with zero attached hydrogens (tertiary/aromatic N) is 1. The molecule has 0 aliphatic carbocycles. The van der Waals surface area contributed by atoms with E-state index in [1.165, 1.54) is 17.7 Å². The van der Waals surface area contributed by atoms with Crippen molar-refractivity contribution in [3.8, 4) is 5.75 Å². The summed E-state index contributed by atoms with van der Waals surface area (Å²) >= 11 is 1.77. The summed E-state index contributed by atoms with van der Waals surface area (Å²) in [6.45, 7) is 5.14. The molecule has 1 aromatic carbocycles. The van der Waals surface area contributed by atoms with Crippen LogP contribution in [-0.2, 0) is 11.2 Å². The Morgan fingerprint density at radius 1 is 1.34 bits per heavy atom. The van der Waals surface area contributed by atoms with Gasteiger partial charge < -0.3 is 14.5 Å². The molecule has 1 aliphatic heterocycles. The molecule has 0 saturated carbocycles. The fraction of sp³-hybridized carbons (Fsp3) is 0.435. The van der Waals surface area contributed by atoms with Crippen LogP contribution in [-0.4, -0.2) is 37.6 Å². The Balaban J connectivity index is 1.40. The highest BCUT2D eigenvalue weighted by atomic mass is 32.1. The minimum atomic E-state index is 0.0236. The van der Waals surface area contributed by atoms with Gasteiger partial charge in [-0.1, -0.05) is 13.0 Å². The molecule has 0 spiro atoms. The third kappa shape index (κ3) is 4.65. The van der Waals surface area contributed by atoms with Gasteiger partial charge in [-0.2, -0.15) is 0 Å². The number of likely N-dealkylation sites (tertiary alicyclic amines) is 1. The molecule has 3 aromatic rings. The van der Waals surface area contributed by atoms with Gasteiger partial charge in [0, 0.05) is 28.4 Å². The lowest BCUT2D eigenvalue weighted by Gasteiger charge is -2.36. The Labute approximate surface area is 175 Å². The van der Waals surface area contributed by atoms with Crippen LogP contribution in [0.2, 0.25) is 0 Å². The van der Waals surface area contributed by atoms with Crippen LogP contribution in [0.1, 0.15) is 36.2 Å². The molecule has 154 valence electrons. The number of benzene rings is 1. The molecule has 1 N–H and O–H groups in total. The molecule has 2 aromatic heterocycles. The number of methoxy groups -OCH3 is 1. The number of rotatable bonds is 7. The lowest BCUT2D eigenvalue weighted by Crippen LogP contribution is -2.41. The summed E-state index contributed by atoms with van der Waals surface area (Å²) in [6.07, 6.45) is 4.43. The highest BCUT2D eigenvalue weighted by Crippen LogP contribution is 2.29. The Bertz CT molecular complexity index is 942. The average molecular weight is 413 g/mol. The number of carbonyl (C=O) groups excluding carboxylic acids is 1. The lowest BCUT2D eigenvalue weighted by atomic mass is 9.97. The highest BCUT2D eigenvalue weighted by molar-refractivity contribution is 7.10. The van der Waals surface area contributed by atoms with Gasteiger partial charge in [0.25, 0.3) is 0 Å². The maximum atomic E-state index is 12.7. The molecular formula is C23H28N2O3S. The van der Waals surface area contributed by atoms with Crippen molar-refractivity contribution in [1.29, 1.82) is 0 Å². The van der Waals surface area contributed by atoms with Gasteiger partial charge in [0.15, 0.2) is 0 Å². The van der Waals surface area contributed by atoms with E-state index < -0.39 is 0 Å². The van der Waals surface area contributed by atoms with Crippen LogP contribution in [0.3, 0.4) is 0 Å². The van der Waals surface area contributed by atoms with Crippen LogP contribution in [0.15, 0.2) is 46.4 Å². The van der Waals surface area contributed by atoms with Crippen molar-refractivity contribution in [2.75, 3.05) is 26.7 Å². The second-order valence-corrected chi connectivity index (χ2v) is 8.83.